The lowest BCUT2D eigenvalue weighted by atomic mass is 10.00. The number of carbonyl (C=O) groups excluding carboxylic acids is 4. The molecule has 33 heavy (non-hydrogen) atoms. The second kappa shape index (κ2) is 14.6. The lowest BCUT2D eigenvalue weighted by Crippen LogP contribution is -2.59. The van der Waals surface area contributed by atoms with Gasteiger partial charge in [0.05, 0.1) is 7.11 Å². The molecule has 3 amide bonds. The number of rotatable bonds is 14. The maximum atomic E-state index is 13.2. The molecule has 0 bridgehead atoms. The lowest BCUT2D eigenvalue weighted by molar-refractivity contribution is -0.140. The summed E-state index contributed by atoms with van der Waals surface area (Å²) in [5, 5.41) is 8.10. The summed E-state index contributed by atoms with van der Waals surface area (Å²) >= 11 is 4.56. The van der Waals surface area contributed by atoms with E-state index < -0.39 is 16.8 Å². The van der Waals surface area contributed by atoms with Crippen LogP contribution in [0.25, 0.3) is 0 Å². The van der Waals surface area contributed by atoms with Crippen molar-refractivity contribution in [1.29, 1.82) is 0 Å². The molecule has 0 aromatic heterocycles. The first kappa shape index (κ1) is 28.5. The van der Waals surface area contributed by atoms with Gasteiger partial charge in [-0.15, -0.1) is 12.6 Å². The highest BCUT2D eigenvalue weighted by Gasteiger charge is 2.38. The summed E-state index contributed by atoms with van der Waals surface area (Å²) in [4.78, 5) is 47.9. The molecule has 0 spiro atoms. The van der Waals surface area contributed by atoms with Gasteiger partial charge in [-0.25, -0.2) is 0 Å². The van der Waals surface area contributed by atoms with E-state index in [-0.39, 0.29) is 30.1 Å². The van der Waals surface area contributed by atoms with Crippen LogP contribution in [0.5, 0.6) is 0 Å². The minimum atomic E-state index is -1.46. The quantitative estimate of drug-likeness (QED) is 0.142. The van der Waals surface area contributed by atoms with Crippen LogP contribution in [0.3, 0.4) is 0 Å². The SMILES string of the molecule is CNC(=O)[C@H](Cc1ccccc1)NC(=O)[C@](S)(CC(C)C)NC(=O)CCCCCC(=O)OC. The van der Waals surface area contributed by atoms with Crippen LogP contribution in [0, 0.1) is 5.92 Å². The van der Waals surface area contributed by atoms with Crippen LogP contribution in [-0.2, 0) is 30.3 Å². The lowest BCUT2D eigenvalue weighted by Gasteiger charge is -2.32. The summed E-state index contributed by atoms with van der Waals surface area (Å²) in [7, 11) is 2.85. The van der Waals surface area contributed by atoms with Crippen LogP contribution >= 0.6 is 12.6 Å². The fraction of sp³-hybridized carbons (Fsp3) is 0.583. The number of esters is 1. The van der Waals surface area contributed by atoms with Crippen LogP contribution in [0.15, 0.2) is 30.3 Å². The van der Waals surface area contributed by atoms with E-state index in [0.717, 1.165) is 5.56 Å². The summed E-state index contributed by atoms with van der Waals surface area (Å²) in [6.45, 7) is 3.86. The Morgan fingerprint density at radius 1 is 1.03 bits per heavy atom. The van der Waals surface area contributed by atoms with E-state index in [4.69, 9.17) is 0 Å². The van der Waals surface area contributed by atoms with E-state index in [1.54, 1.807) is 0 Å². The van der Waals surface area contributed by atoms with Crippen molar-refractivity contribution >= 4 is 36.3 Å². The van der Waals surface area contributed by atoms with E-state index in [2.05, 4.69) is 33.3 Å². The van der Waals surface area contributed by atoms with Gasteiger partial charge in [-0.2, -0.15) is 0 Å². The largest absolute Gasteiger partial charge is 0.469 e. The Kier molecular flexibility index (Phi) is 12.6. The van der Waals surface area contributed by atoms with Gasteiger partial charge in [0.15, 0.2) is 4.87 Å². The number of benzene rings is 1. The molecule has 0 saturated carbocycles. The van der Waals surface area contributed by atoms with Crippen LogP contribution in [-0.4, -0.2) is 48.8 Å². The van der Waals surface area contributed by atoms with Gasteiger partial charge in [0.1, 0.15) is 6.04 Å². The molecule has 0 heterocycles. The topological polar surface area (TPSA) is 114 Å². The van der Waals surface area contributed by atoms with Crippen molar-refractivity contribution in [3.63, 3.8) is 0 Å². The van der Waals surface area contributed by atoms with Crippen molar-refractivity contribution in [2.45, 2.75) is 69.7 Å². The van der Waals surface area contributed by atoms with Gasteiger partial charge in [-0.1, -0.05) is 50.6 Å². The third-order valence-corrected chi connectivity index (χ3v) is 5.59. The van der Waals surface area contributed by atoms with Crippen molar-refractivity contribution in [2.24, 2.45) is 5.92 Å². The van der Waals surface area contributed by atoms with Crippen molar-refractivity contribution in [1.82, 2.24) is 16.0 Å². The summed E-state index contributed by atoms with van der Waals surface area (Å²) in [5.41, 5.74) is 0.899. The molecular weight excluding hydrogens is 442 g/mol. The number of ether oxygens (including phenoxy) is 1. The standard InChI is InChI=1S/C24H37N3O5S/c1-17(2)16-24(33,27-20(28)13-9-6-10-14-21(29)32-4)23(31)26-19(22(30)25-3)15-18-11-7-5-8-12-18/h5,7-8,11-12,17,19,33H,6,9-10,13-16H2,1-4H3,(H,25,30)(H,26,31)(H,27,28)/t19-,24+/m0/s1. The number of carbonyl (C=O) groups is 4. The minimum Gasteiger partial charge on any atom is -0.469 e. The van der Waals surface area contributed by atoms with Gasteiger partial charge in [0, 0.05) is 26.3 Å². The molecule has 0 saturated heterocycles. The first-order chi connectivity index (χ1) is 15.6. The Morgan fingerprint density at radius 2 is 1.67 bits per heavy atom. The molecule has 0 fully saturated rings. The first-order valence-corrected chi connectivity index (χ1v) is 11.7. The summed E-state index contributed by atoms with van der Waals surface area (Å²) in [6.07, 6.45) is 3.02. The minimum absolute atomic E-state index is 0.0705. The number of hydrogen-bond donors (Lipinski definition) is 4. The van der Waals surface area contributed by atoms with E-state index in [0.29, 0.717) is 38.5 Å². The van der Waals surface area contributed by atoms with Gasteiger partial charge < -0.3 is 20.7 Å². The van der Waals surface area contributed by atoms with Gasteiger partial charge in [0.2, 0.25) is 11.8 Å². The highest BCUT2D eigenvalue weighted by molar-refractivity contribution is 7.82. The molecule has 1 rings (SSSR count). The Bertz CT molecular complexity index is 788. The Morgan fingerprint density at radius 3 is 2.24 bits per heavy atom. The second-order valence-electron chi connectivity index (χ2n) is 8.47. The molecule has 184 valence electrons. The molecule has 3 N–H and O–H groups in total. The summed E-state index contributed by atoms with van der Waals surface area (Å²) in [6, 6.07) is 8.57. The molecular formula is C24H37N3O5S. The van der Waals surface area contributed by atoms with Crippen LogP contribution in [0.2, 0.25) is 0 Å². The first-order valence-electron chi connectivity index (χ1n) is 11.3. The Balaban J connectivity index is 2.79. The van der Waals surface area contributed by atoms with E-state index in [9.17, 15) is 19.2 Å². The molecule has 0 aliphatic rings. The molecule has 0 unspecified atom stereocenters. The molecule has 9 heteroatoms. The van der Waals surface area contributed by atoms with Gasteiger partial charge in [0.25, 0.3) is 5.91 Å². The number of amides is 3. The maximum Gasteiger partial charge on any atom is 0.305 e. The highest BCUT2D eigenvalue weighted by atomic mass is 32.1. The van der Waals surface area contributed by atoms with Gasteiger partial charge in [-0.3, -0.25) is 19.2 Å². The number of hydrogen-bond acceptors (Lipinski definition) is 6. The molecule has 0 radical (unpaired) electrons. The van der Waals surface area contributed by atoms with Crippen LogP contribution in [0.4, 0.5) is 0 Å². The molecule has 1 aromatic carbocycles. The number of methoxy groups -OCH3 is 1. The monoisotopic (exact) mass is 479 g/mol. The number of nitrogens with one attached hydrogen (secondary N) is 3. The molecule has 0 aliphatic heterocycles. The van der Waals surface area contributed by atoms with E-state index >= 15 is 0 Å². The second-order valence-corrected chi connectivity index (χ2v) is 9.24. The van der Waals surface area contributed by atoms with E-state index in [1.165, 1.54) is 14.2 Å². The molecule has 8 nitrogen and oxygen atoms in total. The Labute approximate surface area is 202 Å². The molecule has 1 aromatic rings. The molecule has 0 aliphatic carbocycles. The van der Waals surface area contributed by atoms with E-state index in [1.807, 2.05) is 44.2 Å². The van der Waals surface area contributed by atoms with Crippen molar-refractivity contribution in [3.8, 4) is 0 Å². The average molecular weight is 480 g/mol. The number of thiol groups is 1. The average Bonchev–Trinajstić information content (AvgIpc) is 2.77. The van der Waals surface area contributed by atoms with Crippen molar-refractivity contribution in [3.05, 3.63) is 35.9 Å². The Hall–Kier alpha value is -2.55. The van der Waals surface area contributed by atoms with Gasteiger partial charge in [-0.05, 0) is 30.7 Å². The highest BCUT2D eigenvalue weighted by Crippen LogP contribution is 2.23. The summed E-state index contributed by atoms with van der Waals surface area (Å²) in [5.74, 6) is -1.37. The zero-order valence-corrected chi connectivity index (χ0v) is 20.9. The zero-order valence-electron chi connectivity index (χ0n) is 20.0. The van der Waals surface area contributed by atoms with Gasteiger partial charge >= 0.3 is 5.97 Å². The van der Waals surface area contributed by atoms with Crippen LogP contribution in [0.1, 0.15) is 57.9 Å². The number of unbranched alkanes of at least 4 members (excludes halogenated alkanes) is 2. The smallest absolute Gasteiger partial charge is 0.305 e. The predicted octanol–water partition coefficient (Wildman–Crippen LogP) is 2.37. The third kappa shape index (κ3) is 10.7. The fourth-order valence-electron chi connectivity index (χ4n) is 3.43. The maximum absolute atomic E-state index is 13.2. The zero-order chi connectivity index (χ0) is 24.9. The summed E-state index contributed by atoms with van der Waals surface area (Å²) < 4.78 is 4.60. The van der Waals surface area contributed by atoms with Crippen molar-refractivity contribution in [2.75, 3.05) is 14.2 Å². The number of likely N-dealkylation sites (N-methyl/N-ethyl adjacent to an activating group) is 1. The predicted molar refractivity (Wildman–Crippen MR) is 131 cm³/mol. The molecule has 2 atom stereocenters. The van der Waals surface area contributed by atoms with Crippen LogP contribution < -0.4 is 16.0 Å². The fourth-order valence-corrected chi connectivity index (χ4v) is 3.98. The van der Waals surface area contributed by atoms with Crippen molar-refractivity contribution < 1.29 is 23.9 Å². The third-order valence-electron chi connectivity index (χ3n) is 5.09. The normalized spacial score (nSPS) is 13.5.